The Morgan fingerprint density at radius 3 is 2.87 bits per heavy atom. The van der Waals surface area contributed by atoms with Gasteiger partial charge in [-0.1, -0.05) is 11.8 Å². The molecule has 82 valence electrons. The molecule has 5 heteroatoms. The van der Waals surface area contributed by atoms with Gasteiger partial charge in [-0.05, 0) is 18.9 Å². The van der Waals surface area contributed by atoms with Crippen molar-refractivity contribution in [3.63, 3.8) is 0 Å². The van der Waals surface area contributed by atoms with Gasteiger partial charge in [-0.2, -0.15) is 0 Å². The minimum Gasteiger partial charge on any atom is -0.380 e. The van der Waals surface area contributed by atoms with E-state index in [4.69, 9.17) is 10.5 Å². The van der Waals surface area contributed by atoms with Gasteiger partial charge in [0, 0.05) is 25.0 Å². The Morgan fingerprint density at radius 1 is 1.47 bits per heavy atom. The van der Waals surface area contributed by atoms with Crippen LogP contribution in [0.5, 0.6) is 0 Å². The average Bonchev–Trinajstić information content (AvgIpc) is 2.25. The van der Waals surface area contributed by atoms with Gasteiger partial charge < -0.3 is 10.5 Å². The summed E-state index contributed by atoms with van der Waals surface area (Å²) in [5.74, 6) is 0. The molecule has 0 bridgehead atoms. The highest BCUT2D eigenvalue weighted by Gasteiger charge is 2.24. The van der Waals surface area contributed by atoms with E-state index >= 15 is 0 Å². The second-order valence-corrected chi connectivity index (χ2v) is 4.93. The molecule has 0 amide bonds. The molecule has 2 atom stereocenters. The Kier molecular flexibility index (Phi) is 3.56. The summed E-state index contributed by atoms with van der Waals surface area (Å²) in [6, 6.07) is 0.189. The van der Waals surface area contributed by atoms with Crippen LogP contribution in [0.1, 0.15) is 12.0 Å². The van der Waals surface area contributed by atoms with E-state index in [1.54, 1.807) is 11.8 Å². The molecular formula is C10H15N3OS. The molecule has 1 aromatic heterocycles. The van der Waals surface area contributed by atoms with Crippen LogP contribution in [0.25, 0.3) is 0 Å². The molecule has 0 radical (unpaired) electrons. The van der Waals surface area contributed by atoms with Gasteiger partial charge in [-0.25, -0.2) is 9.97 Å². The van der Waals surface area contributed by atoms with Crippen molar-refractivity contribution < 1.29 is 4.74 Å². The summed E-state index contributed by atoms with van der Waals surface area (Å²) in [6.45, 7) is 3.44. The highest BCUT2D eigenvalue weighted by atomic mass is 32.2. The van der Waals surface area contributed by atoms with E-state index in [2.05, 4.69) is 9.97 Å². The Balaban J connectivity index is 1.98. The lowest BCUT2D eigenvalue weighted by molar-refractivity contribution is 0.0915. The third-order valence-corrected chi connectivity index (χ3v) is 3.58. The SMILES string of the molecule is Cc1cnc(SC2COCCC2N)nc1. The third kappa shape index (κ3) is 2.90. The Labute approximate surface area is 93.6 Å². The second-order valence-electron chi connectivity index (χ2n) is 3.73. The summed E-state index contributed by atoms with van der Waals surface area (Å²) < 4.78 is 5.39. The van der Waals surface area contributed by atoms with Crippen LogP contribution in [0.2, 0.25) is 0 Å². The van der Waals surface area contributed by atoms with Crippen LogP contribution in [0.4, 0.5) is 0 Å². The smallest absolute Gasteiger partial charge is 0.187 e. The number of aromatic nitrogens is 2. The van der Waals surface area contributed by atoms with Crippen LogP contribution >= 0.6 is 11.8 Å². The maximum Gasteiger partial charge on any atom is 0.187 e. The van der Waals surface area contributed by atoms with Crippen LogP contribution in [0.15, 0.2) is 17.6 Å². The lowest BCUT2D eigenvalue weighted by atomic mass is 10.1. The Morgan fingerprint density at radius 2 is 2.20 bits per heavy atom. The predicted octanol–water partition coefficient (Wildman–Crippen LogP) is 0.993. The first-order chi connectivity index (χ1) is 7.25. The van der Waals surface area contributed by atoms with E-state index in [-0.39, 0.29) is 11.3 Å². The van der Waals surface area contributed by atoms with E-state index < -0.39 is 0 Å². The molecule has 1 fully saturated rings. The topological polar surface area (TPSA) is 61.0 Å². The largest absolute Gasteiger partial charge is 0.380 e. The summed E-state index contributed by atoms with van der Waals surface area (Å²) in [6.07, 6.45) is 4.57. The van der Waals surface area contributed by atoms with Gasteiger partial charge >= 0.3 is 0 Å². The number of nitrogens with two attached hydrogens (primary N) is 1. The molecule has 0 spiro atoms. The van der Waals surface area contributed by atoms with Crippen molar-refractivity contribution >= 4 is 11.8 Å². The zero-order valence-corrected chi connectivity index (χ0v) is 9.54. The molecule has 15 heavy (non-hydrogen) atoms. The number of thioether (sulfide) groups is 1. The predicted molar refractivity (Wildman–Crippen MR) is 59.8 cm³/mol. The molecule has 2 N–H and O–H groups in total. The molecule has 4 nitrogen and oxygen atoms in total. The number of ether oxygens (including phenoxy) is 1. The molecule has 1 aliphatic heterocycles. The fraction of sp³-hybridized carbons (Fsp3) is 0.600. The first kappa shape index (κ1) is 10.9. The van der Waals surface area contributed by atoms with Crippen LogP contribution in [-0.4, -0.2) is 34.5 Å². The standard InChI is InChI=1S/C10H15N3OS/c1-7-4-12-10(13-5-7)15-9-6-14-3-2-8(9)11/h4-5,8-9H,2-3,6,11H2,1H3. The van der Waals surface area contributed by atoms with Crippen molar-refractivity contribution in [2.75, 3.05) is 13.2 Å². The van der Waals surface area contributed by atoms with E-state index in [1.807, 2.05) is 19.3 Å². The maximum absolute atomic E-state index is 6.00. The first-order valence-corrected chi connectivity index (χ1v) is 5.92. The molecule has 2 rings (SSSR count). The number of hydrogen-bond acceptors (Lipinski definition) is 5. The summed E-state index contributed by atoms with van der Waals surface area (Å²) >= 11 is 1.61. The van der Waals surface area contributed by atoms with Gasteiger partial charge in [0.2, 0.25) is 0 Å². The molecule has 0 aliphatic carbocycles. The summed E-state index contributed by atoms with van der Waals surface area (Å²) in [7, 11) is 0. The van der Waals surface area contributed by atoms with E-state index in [1.165, 1.54) is 0 Å². The molecule has 0 aromatic carbocycles. The monoisotopic (exact) mass is 225 g/mol. The average molecular weight is 225 g/mol. The third-order valence-electron chi connectivity index (χ3n) is 2.37. The van der Waals surface area contributed by atoms with Crippen molar-refractivity contribution in [1.29, 1.82) is 0 Å². The quantitative estimate of drug-likeness (QED) is 0.761. The lowest BCUT2D eigenvalue weighted by Crippen LogP contribution is -2.40. The maximum atomic E-state index is 6.00. The van der Waals surface area contributed by atoms with E-state index in [0.29, 0.717) is 6.61 Å². The number of nitrogens with zero attached hydrogens (tertiary/aromatic N) is 2. The lowest BCUT2D eigenvalue weighted by Gasteiger charge is -2.27. The zero-order valence-electron chi connectivity index (χ0n) is 8.72. The molecule has 1 saturated heterocycles. The first-order valence-electron chi connectivity index (χ1n) is 5.04. The molecular weight excluding hydrogens is 210 g/mol. The van der Waals surface area contributed by atoms with E-state index in [0.717, 1.165) is 23.7 Å². The van der Waals surface area contributed by atoms with Crippen molar-refractivity contribution in [2.45, 2.75) is 29.8 Å². The fourth-order valence-corrected chi connectivity index (χ4v) is 2.40. The summed E-state index contributed by atoms with van der Waals surface area (Å²) in [5.41, 5.74) is 7.07. The molecule has 1 aromatic rings. The number of hydrogen-bond donors (Lipinski definition) is 1. The van der Waals surface area contributed by atoms with Crippen LogP contribution < -0.4 is 5.73 Å². The van der Waals surface area contributed by atoms with Gasteiger partial charge in [0.15, 0.2) is 5.16 Å². The van der Waals surface area contributed by atoms with Gasteiger partial charge in [0.05, 0.1) is 11.9 Å². The summed E-state index contributed by atoms with van der Waals surface area (Å²) in [4.78, 5) is 8.50. The molecule has 1 aliphatic rings. The van der Waals surface area contributed by atoms with Crippen LogP contribution in [0.3, 0.4) is 0 Å². The van der Waals surface area contributed by atoms with Crippen molar-refractivity contribution in [2.24, 2.45) is 5.73 Å². The fourth-order valence-electron chi connectivity index (χ4n) is 1.43. The van der Waals surface area contributed by atoms with E-state index in [9.17, 15) is 0 Å². The molecule has 2 unspecified atom stereocenters. The van der Waals surface area contributed by atoms with Gasteiger partial charge in [0.1, 0.15) is 0 Å². The molecule has 0 saturated carbocycles. The van der Waals surface area contributed by atoms with Crippen molar-refractivity contribution in [3.8, 4) is 0 Å². The van der Waals surface area contributed by atoms with Gasteiger partial charge in [0.25, 0.3) is 0 Å². The van der Waals surface area contributed by atoms with Crippen molar-refractivity contribution in [3.05, 3.63) is 18.0 Å². The van der Waals surface area contributed by atoms with Gasteiger partial charge in [-0.15, -0.1) is 0 Å². The van der Waals surface area contributed by atoms with Crippen LogP contribution in [-0.2, 0) is 4.74 Å². The zero-order chi connectivity index (χ0) is 10.7. The minimum atomic E-state index is 0.189. The minimum absolute atomic E-state index is 0.189. The second kappa shape index (κ2) is 4.92. The highest BCUT2D eigenvalue weighted by molar-refractivity contribution is 7.99. The number of aryl methyl sites for hydroxylation is 1. The Bertz CT molecular complexity index is 317. The normalized spacial score (nSPS) is 26.5. The van der Waals surface area contributed by atoms with Crippen LogP contribution in [0, 0.1) is 6.92 Å². The van der Waals surface area contributed by atoms with Crippen molar-refractivity contribution in [1.82, 2.24) is 9.97 Å². The Hall–Kier alpha value is -0.650. The molecule has 2 heterocycles. The number of rotatable bonds is 2. The highest BCUT2D eigenvalue weighted by Crippen LogP contribution is 2.25. The van der Waals surface area contributed by atoms with Gasteiger partial charge in [-0.3, -0.25) is 0 Å². The summed E-state index contributed by atoms with van der Waals surface area (Å²) in [5, 5.41) is 1.06.